The highest BCUT2D eigenvalue weighted by Gasteiger charge is 2.27. The van der Waals surface area contributed by atoms with E-state index < -0.39 is 21.7 Å². The molecule has 1 amide bonds. The fraction of sp³-hybridized carbons (Fsp3) is 0.211. The van der Waals surface area contributed by atoms with E-state index >= 15 is 0 Å². The Bertz CT molecular complexity index is 1140. The lowest BCUT2D eigenvalue weighted by Crippen LogP contribution is -2.27. The average molecular weight is 416 g/mol. The van der Waals surface area contributed by atoms with Crippen LogP contribution >= 0.6 is 0 Å². The Morgan fingerprint density at radius 2 is 1.79 bits per heavy atom. The van der Waals surface area contributed by atoms with Crippen molar-refractivity contribution in [2.24, 2.45) is 0 Å². The highest BCUT2D eigenvalue weighted by molar-refractivity contribution is 7.89. The molecule has 0 bridgehead atoms. The predicted octanol–water partition coefficient (Wildman–Crippen LogP) is 2.91. The van der Waals surface area contributed by atoms with E-state index in [4.69, 9.17) is 4.42 Å². The number of nitrogens with one attached hydrogen (secondary N) is 1. The van der Waals surface area contributed by atoms with Crippen molar-refractivity contribution in [3.63, 3.8) is 0 Å². The van der Waals surface area contributed by atoms with E-state index in [-0.39, 0.29) is 22.4 Å². The number of nitrogens with zero attached hydrogens (tertiary/aromatic N) is 3. The molecule has 0 radical (unpaired) electrons. The standard InChI is InChI=1S/C19H17FN4O4S/c20-15-5-3-4-14(12-15)18-22-23-19(28-18)21-17(25)13-6-8-16(9-7-13)29(26,27)24-10-1-2-11-24/h3-9,12H,1-2,10-11H2,(H,21,23,25). The lowest BCUT2D eigenvalue weighted by Gasteiger charge is -2.15. The number of carbonyl (C=O) groups is 1. The zero-order valence-electron chi connectivity index (χ0n) is 15.2. The summed E-state index contributed by atoms with van der Waals surface area (Å²) in [4.78, 5) is 12.5. The molecule has 2 aromatic carbocycles. The minimum Gasteiger partial charge on any atom is -0.403 e. The van der Waals surface area contributed by atoms with E-state index in [0.29, 0.717) is 18.7 Å². The van der Waals surface area contributed by atoms with Crippen molar-refractivity contribution in [2.75, 3.05) is 18.4 Å². The van der Waals surface area contributed by atoms with Crippen molar-refractivity contribution < 1.29 is 22.0 Å². The number of carbonyl (C=O) groups excluding carboxylic acids is 1. The first kappa shape index (κ1) is 19.2. The maximum Gasteiger partial charge on any atom is 0.322 e. The first-order valence-electron chi connectivity index (χ1n) is 8.94. The first-order valence-corrected chi connectivity index (χ1v) is 10.4. The van der Waals surface area contributed by atoms with Gasteiger partial charge in [-0.05, 0) is 55.3 Å². The Morgan fingerprint density at radius 1 is 1.07 bits per heavy atom. The molecule has 150 valence electrons. The van der Waals surface area contributed by atoms with Crippen molar-refractivity contribution in [1.29, 1.82) is 0 Å². The monoisotopic (exact) mass is 416 g/mol. The van der Waals surface area contributed by atoms with Gasteiger partial charge in [0.2, 0.25) is 15.9 Å². The van der Waals surface area contributed by atoms with Crippen LogP contribution in [0, 0.1) is 5.82 Å². The van der Waals surface area contributed by atoms with Crippen molar-refractivity contribution in [3.8, 4) is 11.5 Å². The third kappa shape index (κ3) is 4.03. The lowest BCUT2D eigenvalue weighted by molar-refractivity contribution is 0.102. The number of hydrogen-bond donors (Lipinski definition) is 1. The summed E-state index contributed by atoms with van der Waals surface area (Å²) in [5.41, 5.74) is 0.616. The van der Waals surface area contributed by atoms with Gasteiger partial charge in [-0.15, -0.1) is 5.10 Å². The molecule has 1 aromatic heterocycles. The van der Waals surface area contributed by atoms with Gasteiger partial charge in [0, 0.05) is 24.2 Å². The maximum atomic E-state index is 13.3. The summed E-state index contributed by atoms with van der Waals surface area (Å²) in [7, 11) is -3.54. The zero-order chi connectivity index (χ0) is 20.4. The number of benzene rings is 2. The lowest BCUT2D eigenvalue weighted by atomic mass is 10.2. The summed E-state index contributed by atoms with van der Waals surface area (Å²) in [5, 5.41) is 9.95. The Kier molecular flexibility index (Phi) is 5.12. The van der Waals surface area contributed by atoms with Crippen LogP contribution in [0.4, 0.5) is 10.4 Å². The second kappa shape index (κ2) is 7.72. The number of amides is 1. The normalized spacial score (nSPS) is 14.8. The molecule has 0 aliphatic carbocycles. The topological polar surface area (TPSA) is 105 Å². The van der Waals surface area contributed by atoms with E-state index in [2.05, 4.69) is 15.5 Å². The SMILES string of the molecule is O=C(Nc1nnc(-c2cccc(F)c2)o1)c1ccc(S(=O)(=O)N2CCCC2)cc1. The second-order valence-corrected chi connectivity index (χ2v) is 8.45. The zero-order valence-corrected chi connectivity index (χ0v) is 16.0. The van der Waals surface area contributed by atoms with Crippen molar-refractivity contribution in [1.82, 2.24) is 14.5 Å². The molecule has 4 rings (SSSR count). The van der Waals surface area contributed by atoms with E-state index in [9.17, 15) is 17.6 Å². The van der Waals surface area contributed by atoms with Crippen LogP contribution in [-0.4, -0.2) is 41.9 Å². The van der Waals surface area contributed by atoms with Gasteiger partial charge in [-0.3, -0.25) is 10.1 Å². The predicted molar refractivity (Wildman–Crippen MR) is 102 cm³/mol. The number of aromatic nitrogens is 2. The van der Waals surface area contributed by atoms with Crippen LogP contribution in [0.1, 0.15) is 23.2 Å². The maximum absolute atomic E-state index is 13.3. The molecule has 2 heterocycles. The molecule has 0 unspecified atom stereocenters. The summed E-state index contributed by atoms with van der Waals surface area (Å²) < 4.78 is 45.1. The van der Waals surface area contributed by atoms with Crippen LogP contribution in [0.3, 0.4) is 0 Å². The molecule has 1 aliphatic rings. The minimum atomic E-state index is -3.54. The van der Waals surface area contributed by atoms with Crippen molar-refractivity contribution in [3.05, 3.63) is 59.9 Å². The van der Waals surface area contributed by atoms with Crippen LogP contribution in [0.2, 0.25) is 0 Å². The molecule has 1 saturated heterocycles. The average Bonchev–Trinajstić information content (AvgIpc) is 3.41. The Labute approximate surface area is 166 Å². The number of halogens is 1. The van der Waals surface area contributed by atoms with Crippen LogP contribution in [0.15, 0.2) is 57.8 Å². The highest BCUT2D eigenvalue weighted by Crippen LogP contribution is 2.23. The summed E-state index contributed by atoms with van der Waals surface area (Å²) in [5.74, 6) is -0.924. The van der Waals surface area contributed by atoms with Gasteiger partial charge < -0.3 is 4.42 Å². The van der Waals surface area contributed by atoms with Gasteiger partial charge in [0.25, 0.3) is 5.91 Å². The van der Waals surface area contributed by atoms with Gasteiger partial charge in [-0.1, -0.05) is 11.2 Å². The fourth-order valence-electron chi connectivity index (χ4n) is 3.04. The smallest absolute Gasteiger partial charge is 0.322 e. The number of rotatable bonds is 5. The number of anilines is 1. The van der Waals surface area contributed by atoms with Crippen molar-refractivity contribution in [2.45, 2.75) is 17.7 Å². The van der Waals surface area contributed by atoms with E-state index in [1.807, 2.05) is 0 Å². The van der Waals surface area contributed by atoms with Crippen molar-refractivity contribution >= 4 is 21.9 Å². The number of hydrogen-bond acceptors (Lipinski definition) is 6. The van der Waals surface area contributed by atoms with Gasteiger partial charge >= 0.3 is 6.01 Å². The minimum absolute atomic E-state index is 0.0619. The molecule has 8 nitrogen and oxygen atoms in total. The summed E-state index contributed by atoms with van der Waals surface area (Å²) in [6, 6.07) is 11.1. The van der Waals surface area contributed by atoms with Gasteiger partial charge in [-0.2, -0.15) is 4.31 Å². The van der Waals surface area contributed by atoms with E-state index in [1.54, 1.807) is 6.07 Å². The number of sulfonamides is 1. The molecule has 0 saturated carbocycles. The molecule has 1 N–H and O–H groups in total. The third-order valence-electron chi connectivity index (χ3n) is 4.54. The molecule has 29 heavy (non-hydrogen) atoms. The Morgan fingerprint density at radius 3 is 2.48 bits per heavy atom. The summed E-state index contributed by atoms with van der Waals surface area (Å²) in [6.45, 7) is 1.02. The molecular weight excluding hydrogens is 399 g/mol. The fourth-order valence-corrected chi connectivity index (χ4v) is 4.55. The molecule has 1 fully saturated rings. The quantitative estimate of drug-likeness (QED) is 0.686. The summed E-state index contributed by atoms with van der Waals surface area (Å²) >= 11 is 0. The third-order valence-corrected chi connectivity index (χ3v) is 6.45. The van der Waals surface area contributed by atoms with Gasteiger partial charge in [0.05, 0.1) is 4.90 Å². The summed E-state index contributed by atoms with van der Waals surface area (Å²) in [6.07, 6.45) is 1.70. The Hall–Kier alpha value is -3.11. The first-order chi connectivity index (χ1) is 13.9. The molecule has 0 atom stereocenters. The van der Waals surface area contributed by atoms with Gasteiger partial charge in [0.15, 0.2) is 0 Å². The second-order valence-electron chi connectivity index (χ2n) is 6.51. The van der Waals surface area contributed by atoms with Crippen LogP contribution in [0.25, 0.3) is 11.5 Å². The molecule has 10 heteroatoms. The van der Waals surface area contributed by atoms with E-state index in [1.165, 1.54) is 46.8 Å². The van der Waals surface area contributed by atoms with Gasteiger partial charge in [-0.25, -0.2) is 12.8 Å². The molecule has 1 aliphatic heterocycles. The molecule has 0 spiro atoms. The van der Waals surface area contributed by atoms with E-state index in [0.717, 1.165) is 12.8 Å². The van der Waals surface area contributed by atoms with Crippen LogP contribution in [-0.2, 0) is 10.0 Å². The molecule has 3 aromatic rings. The van der Waals surface area contributed by atoms with Crippen LogP contribution in [0.5, 0.6) is 0 Å². The molecular formula is C19H17FN4O4S. The van der Waals surface area contributed by atoms with Crippen LogP contribution < -0.4 is 5.32 Å². The Balaban J connectivity index is 1.46. The van der Waals surface area contributed by atoms with Gasteiger partial charge in [0.1, 0.15) is 5.82 Å². The highest BCUT2D eigenvalue weighted by atomic mass is 32.2. The largest absolute Gasteiger partial charge is 0.403 e.